The van der Waals surface area contributed by atoms with Crippen LogP contribution in [0.3, 0.4) is 0 Å². The fourth-order valence-electron chi connectivity index (χ4n) is 1.13. The number of hydrogen-bond donors (Lipinski definition) is 0. The van der Waals surface area contributed by atoms with Crippen LogP contribution in [0.2, 0.25) is 0 Å². The smallest absolute Gasteiger partial charge is 0.219 e. The summed E-state index contributed by atoms with van der Waals surface area (Å²) in [6.07, 6.45) is 5.36. The van der Waals surface area contributed by atoms with Gasteiger partial charge in [-0.3, -0.25) is 0 Å². The summed E-state index contributed by atoms with van der Waals surface area (Å²) in [5, 5.41) is 4.13. The van der Waals surface area contributed by atoms with E-state index in [1.165, 1.54) is 0 Å². The summed E-state index contributed by atoms with van der Waals surface area (Å²) < 4.78 is 2.70. The minimum atomic E-state index is 0.433. The van der Waals surface area contributed by atoms with Crippen LogP contribution in [0.25, 0.3) is 5.95 Å². The van der Waals surface area contributed by atoms with Crippen LogP contribution in [0, 0.1) is 10.5 Å². The van der Waals surface area contributed by atoms with Crippen LogP contribution in [-0.2, 0) is 5.88 Å². The molecule has 0 aliphatic carbocycles. The van der Waals surface area contributed by atoms with Crippen molar-refractivity contribution in [2.24, 2.45) is 0 Å². The molecule has 0 unspecified atom stereocenters. The van der Waals surface area contributed by atoms with E-state index in [9.17, 15) is 0 Å². The lowest BCUT2D eigenvalue weighted by Gasteiger charge is -2.03. The second kappa shape index (κ2) is 4.44. The number of aromatic nitrogens is 4. The zero-order valence-electron chi connectivity index (χ0n) is 7.98. The van der Waals surface area contributed by atoms with Gasteiger partial charge in [-0.1, -0.05) is 0 Å². The fourth-order valence-corrected chi connectivity index (χ4v) is 1.78. The van der Waals surface area contributed by atoms with Gasteiger partial charge in [0.1, 0.15) is 0 Å². The summed E-state index contributed by atoms with van der Waals surface area (Å²) in [4.78, 5) is 8.52. The first kappa shape index (κ1) is 10.8. The second-order valence-electron chi connectivity index (χ2n) is 3.02. The third-order valence-corrected chi connectivity index (χ3v) is 2.81. The Morgan fingerprint density at radius 1 is 1.47 bits per heavy atom. The second-order valence-corrected chi connectivity index (χ2v) is 4.53. The molecule has 0 aromatic carbocycles. The van der Waals surface area contributed by atoms with Crippen LogP contribution >= 0.6 is 34.2 Å². The van der Waals surface area contributed by atoms with Gasteiger partial charge in [0.05, 0.1) is 15.6 Å². The van der Waals surface area contributed by atoms with E-state index >= 15 is 0 Å². The molecule has 0 radical (unpaired) electrons. The lowest BCUT2D eigenvalue weighted by atomic mass is 10.3. The van der Waals surface area contributed by atoms with E-state index in [1.54, 1.807) is 17.1 Å². The zero-order chi connectivity index (χ0) is 10.8. The van der Waals surface area contributed by atoms with Crippen LogP contribution in [0.5, 0.6) is 0 Å². The molecule has 6 heteroatoms. The lowest BCUT2D eigenvalue weighted by Crippen LogP contribution is -2.04. The van der Waals surface area contributed by atoms with Gasteiger partial charge < -0.3 is 0 Å². The molecule has 0 atom stereocenters. The molecule has 0 spiro atoms. The highest BCUT2D eigenvalue weighted by atomic mass is 127. The molecule has 0 N–H and O–H groups in total. The largest absolute Gasteiger partial charge is 0.250 e. The van der Waals surface area contributed by atoms with E-state index in [4.69, 9.17) is 11.6 Å². The van der Waals surface area contributed by atoms with E-state index in [-0.39, 0.29) is 0 Å². The Morgan fingerprint density at radius 2 is 2.27 bits per heavy atom. The minimum Gasteiger partial charge on any atom is -0.219 e. The Kier molecular flexibility index (Phi) is 3.20. The molecular weight excluding hydrogens is 326 g/mol. The maximum Gasteiger partial charge on any atom is 0.250 e. The maximum atomic E-state index is 5.73. The minimum absolute atomic E-state index is 0.433. The standard InChI is InChI=1S/C9H8ClIN4/c1-6-7(2-10)3-12-9(14-6)15-5-8(11)4-13-15/h3-5H,2H2,1H3. The molecule has 2 rings (SSSR count). The van der Waals surface area contributed by atoms with Gasteiger partial charge in [0.2, 0.25) is 0 Å². The van der Waals surface area contributed by atoms with Crippen molar-refractivity contribution in [2.75, 3.05) is 0 Å². The van der Waals surface area contributed by atoms with Gasteiger partial charge in [-0.15, -0.1) is 11.6 Å². The van der Waals surface area contributed by atoms with Gasteiger partial charge in [-0.25, -0.2) is 14.6 Å². The third kappa shape index (κ3) is 2.28. The molecule has 2 heterocycles. The molecule has 2 aromatic rings. The number of rotatable bonds is 2. The summed E-state index contributed by atoms with van der Waals surface area (Å²) >= 11 is 7.92. The lowest BCUT2D eigenvalue weighted by molar-refractivity contribution is 0.796. The zero-order valence-corrected chi connectivity index (χ0v) is 10.9. The van der Waals surface area contributed by atoms with Gasteiger partial charge in [-0.2, -0.15) is 5.10 Å². The van der Waals surface area contributed by atoms with Crippen LogP contribution < -0.4 is 0 Å². The van der Waals surface area contributed by atoms with E-state index in [2.05, 4.69) is 37.7 Å². The van der Waals surface area contributed by atoms with E-state index in [1.807, 2.05) is 13.1 Å². The average Bonchev–Trinajstić information content (AvgIpc) is 2.65. The number of hydrogen-bond acceptors (Lipinski definition) is 3. The quantitative estimate of drug-likeness (QED) is 0.625. The molecule has 0 bridgehead atoms. The first-order valence-electron chi connectivity index (χ1n) is 4.29. The Balaban J connectivity index is 2.42. The molecule has 4 nitrogen and oxygen atoms in total. The van der Waals surface area contributed by atoms with Crippen molar-refractivity contribution in [1.29, 1.82) is 0 Å². The van der Waals surface area contributed by atoms with Crippen LogP contribution in [0.15, 0.2) is 18.6 Å². The number of alkyl halides is 1. The van der Waals surface area contributed by atoms with Crippen molar-refractivity contribution < 1.29 is 0 Å². The van der Waals surface area contributed by atoms with E-state index in [0.717, 1.165) is 14.8 Å². The Hall–Kier alpha value is -0.690. The summed E-state index contributed by atoms with van der Waals surface area (Å²) in [6, 6.07) is 0. The van der Waals surface area contributed by atoms with E-state index in [0.29, 0.717) is 11.8 Å². The summed E-state index contributed by atoms with van der Waals surface area (Å²) in [5.41, 5.74) is 1.84. The summed E-state index contributed by atoms with van der Waals surface area (Å²) in [7, 11) is 0. The molecular formula is C9H8ClIN4. The molecule has 78 valence electrons. The summed E-state index contributed by atoms with van der Waals surface area (Å²) in [5.74, 6) is 1.01. The molecule has 0 saturated carbocycles. The first-order valence-corrected chi connectivity index (χ1v) is 5.91. The van der Waals surface area contributed by atoms with Crippen molar-refractivity contribution >= 4 is 34.2 Å². The van der Waals surface area contributed by atoms with Gasteiger partial charge in [0.15, 0.2) is 0 Å². The molecule has 0 aliphatic heterocycles. The Bertz CT molecular complexity index is 483. The molecule has 0 amide bonds. The predicted octanol–water partition coefficient (Wildman–Crippen LogP) is 2.31. The fraction of sp³-hybridized carbons (Fsp3) is 0.222. The van der Waals surface area contributed by atoms with Crippen LogP contribution in [-0.4, -0.2) is 19.7 Å². The van der Waals surface area contributed by atoms with Crippen molar-refractivity contribution in [2.45, 2.75) is 12.8 Å². The van der Waals surface area contributed by atoms with Crippen LogP contribution in [0.1, 0.15) is 11.3 Å². The van der Waals surface area contributed by atoms with E-state index < -0.39 is 0 Å². The van der Waals surface area contributed by atoms with Crippen molar-refractivity contribution in [3.8, 4) is 5.95 Å². The number of halogens is 2. The maximum absolute atomic E-state index is 5.73. The van der Waals surface area contributed by atoms with Gasteiger partial charge in [-0.05, 0) is 29.5 Å². The highest BCUT2D eigenvalue weighted by Gasteiger charge is 2.05. The summed E-state index contributed by atoms with van der Waals surface area (Å²) in [6.45, 7) is 1.91. The van der Waals surface area contributed by atoms with Gasteiger partial charge >= 0.3 is 0 Å². The molecule has 0 aliphatic rings. The van der Waals surface area contributed by atoms with Gasteiger partial charge in [0, 0.05) is 23.7 Å². The Labute approximate surface area is 106 Å². The molecule has 0 fully saturated rings. The highest BCUT2D eigenvalue weighted by molar-refractivity contribution is 14.1. The molecule has 2 aromatic heterocycles. The van der Waals surface area contributed by atoms with Crippen molar-refractivity contribution in [3.63, 3.8) is 0 Å². The third-order valence-electron chi connectivity index (χ3n) is 1.97. The predicted molar refractivity (Wildman–Crippen MR) is 66.2 cm³/mol. The van der Waals surface area contributed by atoms with Gasteiger partial charge in [0.25, 0.3) is 5.95 Å². The topological polar surface area (TPSA) is 43.6 Å². The molecule has 15 heavy (non-hydrogen) atoms. The Morgan fingerprint density at radius 3 is 2.80 bits per heavy atom. The average molecular weight is 335 g/mol. The van der Waals surface area contributed by atoms with Crippen molar-refractivity contribution in [1.82, 2.24) is 19.7 Å². The van der Waals surface area contributed by atoms with Crippen molar-refractivity contribution in [3.05, 3.63) is 33.4 Å². The monoisotopic (exact) mass is 334 g/mol. The first-order chi connectivity index (χ1) is 7.20. The highest BCUT2D eigenvalue weighted by Crippen LogP contribution is 2.10. The number of aryl methyl sites for hydroxylation is 1. The van der Waals surface area contributed by atoms with Crippen LogP contribution in [0.4, 0.5) is 0 Å². The number of nitrogens with zero attached hydrogens (tertiary/aromatic N) is 4. The molecule has 0 saturated heterocycles. The SMILES string of the molecule is Cc1nc(-n2cc(I)cn2)ncc1CCl. The normalized spacial score (nSPS) is 10.6.